The zero-order valence-electron chi connectivity index (χ0n) is 9.64. The summed E-state index contributed by atoms with van der Waals surface area (Å²) in [5.74, 6) is -1.68. The Labute approximate surface area is 132 Å². The SMILES string of the molecule is Fc1cccc(CC(Cl)c2ccc(Br)cc2Br)c1F. The molecule has 0 spiro atoms. The third-order valence-electron chi connectivity index (χ3n) is 2.73. The fourth-order valence-electron chi connectivity index (χ4n) is 1.76. The van der Waals surface area contributed by atoms with E-state index in [1.807, 2.05) is 18.2 Å². The molecule has 0 amide bonds. The molecule has 0 nitrogen and oxygen atoms in total. The lowest BCUT2D eigenvalue weighted by atomic mass is 10.0. The first-order valence-corrected chi connectivity index (χ1v) is 7.53. The molecule has 100 valence electrons. The van der Waals surface area contributed by atoms with Crippen LogP contribution in [0.1, 0.15) is 16.5 Å². The van der Waals surface area contributed by atoms with Crippen LogP contribution in [0, 0.1) is 11.6 Å². The van der Waals surface area contributed by atoms with Gasteiger partial charge in [-0.3, -0.25) is 0 Å². The van der Waals surface area contributed by atoms with Crippen molar-refractivity contribution in [2.75, 3.05) is 0 Å². The zero-order valence-corrected chi connectivity index (χ0v) is 13.6. The highest BCUT2D eigenvalue weighted by molar-refractivity contribution is 9.11. The Balaban J connectivity index is 2.25. The molecule has 5 heteroatoms. The minimum atomic E-state index is -0.851. The van der Waals surface area contributed by atoms with E-state index in [0.717, 1.165) is 20.6 Å². The van der Waals surface area contributed by atoms with Gasteiger partial charge in [-0.25, -0.2) is 8.78 Å². The van der Waals surface area contributed by atoms with Crippen LogP contribution < -0.4 is 0 Å². The zero-order chi connectivity index (χ0) is 14.0. The van der Waals surface area contributed by atoms with Crippen LogP contribution in [0.4, 0.5) is 8.78 Å². The van der Waals surface area contributed by atoms with Crippen LogP contribution >= 0.6 is 43.5 Å². The predicted molar refractivity (Wildman–Crippen MR) is 80.5 cm³/mol. The third-order valence-corrected chi connectivity index (χ3v) is 4.30. The van der Waals surface area contributed by atoms with E-state index in [1.165, 1.54) is 6.07 Å². The first kappa shape index (κ1) is 14.9. The highest BCUT2D eigenvalue weighted by atomic mass is 79.9. The minimum Gasteiger partial charge on any atom is -0.204 e. The van der Waals surface area contributed by atoms with E-state index >= 15 is 0 Å². The Kier molecular flexibility index (Phi) is 4.98. The van der Waals surface area contributed by atoms with Gasteiger partial charge < -0.3 is 0 Å². The number of rotatable bonds is 3. The summed E-state index contributed by atoms with van der Waals surface area (Å²) in [5.41, 5.74) is 1.11. The van der Waals surface area contributed by atoms with Gasteiger partial charge in [-0.05, 0) is 35.7 Å². The van der Waals surface area contributed by atoms with Crippen molar-refractivity contribution in [2.45, 2.75) is 11.8 Å². The molecule has 1 atom stereocenters. The van der Waals surface area contributed by atoms with Crippen LogP contribution in [-0.4, -0.2) is 0 Å². The minimum absolute atomic E-state index is 0.228. The summed E-state index contributed by atoms with van der Waals surface area (Å²) in [6, 6.07) is 9.69. The fraction of sp³-hybridized carbons (Fsp3) is 0.143. The highest BCUT2D eigenvalue weighted by Gasteiger charge is 2.16. The largest absolute Gasteiger partial charge is 0.204 e. The molecule has 0 fully saturated rings. The van der Waals surface area contributed by atoms with Gasteiger partial charge in [-0.2, -0.15) is 0 Å². The van der Waals surface area contributed by atoms with Crippen LogP contribution in [-0.2, 0) is 6.42 Å². The Morgan fingerprint density at radius 2 is 1.84 bits per heavy atom. The predicted octanol–water partition coefficient (Wildman–Crippen LogP) is 6.01. The van der Waals surface area contributed by atoms with Crippen LogP contribution in [0.25, 0.3) is 0 Å². The van der Waals surface area contributed by atoms with E-state index in [4.69, 9.17) is 11.6 Å². The van der Waals surface area contributed by atoms with E-state index < -0.39 is 17.0 Å². The second kappa shape index (κ2) is 6.33. The maximum absolute atomic E-state index is 13.6. The average Bonchev–Trinajstić information content (AvgIpc) is 2.34. The van der Waals surface area contributed by atoms with E-state index in [1.54, 1.807) is 6.07 Å². The molecule has 0 N–H and O–H groups in total. The van der Waals surface area contributed by atoms with E-state index in [2.05, 4.69) is 31.9 Å². The topological polar surface area (TPSA) is 0 Å². The van der Waals surface area contributed by atoms with Gasteiger partial charge >= 0.3 is 0 Å². The van der Waals surface area contributed by atoms with Crippen molar-refractivity contribution < 1.29 is 8.78 Å². The number of alkyl halides is 1. The molecular formula is C14H9Br2ClF2. The van der Waals surface area contributed by atoms with Gasteiger partial charge in [0.05, 0.1) is 5.38 Å². The Hall–Kier alpha value is -0.450. The quantitative estimate of drug-likeness (QED) is 0.544. The molecule has 19 heavy (non-hydrogen) atoms. The second-order valence-electron chi connectivity index (χ2n) is 4.05. The summed E-state index contributed by atoms with van der Waals surface area (Å²) in [5, 5.41) is -0.432. The first-order chi connectivity index (χ1) is 8.99. The Bertz CT molecular complexity index is 602. The molecular weight excluding hydrogens is 401 g/mol. The number of benzene rings is 2. The molecule has 0 radical (unpaired) electrons. The second-order valence-corrected chi connectivity index (χ2v) is 6.35. The lowest BCUT2D eigenvalue weighted by Gasteiger charge is -2.13. The van der Waals surface area contributed by atoms with Gasteiger partial charge in [0.1, 0.15) is 0 Å². The van der Waals surface area contributed by atoms with Gasteiger partial charge in [-0.1, -0.05) is 50.1 Å². The molecule has 0 saturated heterocycles. The average molecular weight is 410 g/mol. The summed E-state index contributed by atoms with van der Waals surface area (Å²) < 4.78 is 28.5. The maximum atomic E-state index is 13.6. The molecule has 2 rings (SSSR count). The lowest BCUT2D eigenvalue weighted by Crippen LogP contribution is -2.01. The molecule has 0 aliphatic carbocycles. The van der Waals surface area contributed by atoms with Gasteiger partial charge in [0.2, 0.25) is 0 Å². The monoisotopic (exact) mass is 408 g/mol. The van der Waals surface area contributed by atoms with Crippen molar-refractivity contribution >= 4 is 43.5 Å². The normalized spacial score (nSPS) is 12.5. The van der Waals surface area contributed by atoms with Crippen LogP contribution in [0.5, 0.6) is 0 Å². The molecule has 1 unspecified atom stereocenters. The van der Waals surface area contributed by atoms with Crippen LogP contribution in [0.2, 0.25) is 0 Å². The summed E-state index contributed by atoms with van der Waals surface area (Å²) >= 11 is 13.1. The van der Waals surface area contributed by atoms with Crippen LogP contribution in [0.3, 0.4) is 0 Å². The van der Waals surface area contributed by atoms with Crippen molar-refractivity contribution in [1.82, 2.24) is 0 Å². The van der Waals surface area contributed by atoms with E-state index in [9.17, 15) is 8.78 Å². The fourth-order valence-corrected chi connectivity index (χ4v) is 3.58. The maximum Gasteiger partial charge on any atom is 0.162 e. The summed E-state index contributed by atoms with van der Waals surface area (Å²) in [6.07, 6.45) is 0.228. The molecule has 0 aliphatic heterocycles. The molecule has 2 aromatic carbocycles. The third kappa shape index (κ3) is 3.56. The van der Waals surface area contributed by atoms with Crippen LogP contribution in [0.15, 0.2) is 45.3 Å². The molecule has 2 aromatic rings. The van der Waals surface area contributed by atoms with Crippen molar-refractivity contribution in [3.05, 3.63) is 68.1 Å². The standard InChI is InChI=1S/C14H9Br2ClF2/c15-9-4-5-10(11(16)7-9)12(17)6-8-2-1-3-13(18)14(8)19/h1-5,7,12H,6H2. The number of halogens is 5. The first-order valence-electron chi connectivity index (χ1n) is 5.51. The van der Waals surface area contributed by atoms with Crippen molar-refractivity contribution in [3.63, 3.8) is 0 Å². The molecule has 0 bridgehead atoms. The molecule has 0 aromatic heterocycles. The Morgan fingerprint density at radius 1 is 1.11 bits per heavy atom. The van der Waals surface area contributed by atoms with Crippen molar-refractivity contribution in [2.24, 2.45) is 0 Å². The van der Waals surface area contributed by atoms with Crippen molar-refractivity contribution in [1.29, 1.82) is 0 Å². The van der Waals surface area contributed by atoms with E-state index in [0.29, 0.717) is 0 Å². The number of hydrogen-bond donors (Lipinski definition) is 0. The Morgan fingerprint density at radius 3 is 2.53 bits per heavy atom. The van der Waals surface area contributed by atoms with Gasteiger partial charge in [0.15, 0.2) is 11.6 Å². The lowest BCUT2D eigenvalue weighted by molar-refractivity contribution is 0.498. The molecule has 0 saturated carbocycles. The molecule has 0 heterocycles. The number of hydrogen-bond acceptors (Lipinski definition) is 0. The molecule has 0 aliphatic rings. The van der Waals surface area contributed by atoms with Gasteiger partial charge in [-0.15, -0.1) is 11.6 Å². The summed E-state index contributed by atoms with van der Waals surface area (Å²) in [7, 11) is 0. The van der Waals surface area contributed by atoms with E-state index in [-0.39, 0.29) is 12.0 Å². The van der Waals surface area contributed by atoms with Crippen molar-refractivity contribution in [3.8, 4) is 0 Å². The summed E-state index contributed by atoms with van der Waals surface area (Å²) in [6.45, 7) is 0. The smallest absolute Gasteiger partial charge is 0.162 e. The van der Waals surface area contributed by atoms with Gasteiger partial charge in [0.25, 0.3) is 0 Å². The van der Waals surface area contributed by atoms with Gasteiger partial charge in [0, 0.05) is 8.95 Å². The summed E-state index contributed by atoms with van der Waals surface area (Å²) in [4.78, 5) is 0. The highest BCUT2D eigenvalue weighted by Crippen LogP contribution is 2.33.